The van der Waals surface area contributed by atoms with Crippen molar-refractivity contribution in [2.24, 2.45) is 0 Å². The minimum Gasteiger partial charge on any atom is -0.480 e. The first-order valence-corrected chi connectivity index (χ1v) is 6.91. The van der Waals surface area contributed by atoms with Crippen molar-refractivity contribution >= 4 is 12.0 Å². The number of amides is 2. The van der Waals surface area contributed by atoms with E-state index in [1.54, 1.807) is 0 Å². The zero-order chi connectivity index (χ0) is 16.1. The average Bonchev–Trinajstić information content (AvgIpc) is 2.44. The number of urea groups is 1. The Kier molecular flexibility index (Phi) is 11.0. The van der Waals surface area contributed by atoms with Crippen molar-refractivity contribution in [3.8, 4) is 12.3 Å². The van der Waals surface area contributed by atoms with E-state index in [4.69, 9.17) is 21.0 Å². The van der Waals surface area contributed by atoms with Crippen molar-refractivity contribution in [3.05, 3.63) is 0 Å². The van der Waals surface area contributed by atoms with E-state index in [-0.39, 0.29) is 6.54 Å². The molecule has 0 heterocycles. The topological polar surface area (TPSA) is 79.3 Å². The lowest BCUT2D eigenvalue weighted by atomic mass is 10.4. The number of hydrogen-bond acceptors (Lipinski definition) is 4. The normalized spacial score (nSPS) is 9.95. The van der Waals surface area contributed by atoms with Gasteiger partial charge in [-0.1, -0.05) is 5.92 Å². The van der Waals surface area contributed by atoms with Crippen molar-refractivity contribution in [1.82, 2.24) is 9.80 Å². The van der Waals surface area contributed by atoms with Gasteiger partial charge in [0.05, 0.1) is 19.8 Å². The summed E-state index contributed by atoms with van der Waals surface area (Å²) in [6.07, 6.45) is 5.18. The fraction of sp³-hybridized carbons (Fsp3) is 0.714. The maximum Gasteiger partial charge on any atom is 0.323 e. The molecule has 0 aromatic carbocycles. The number of rotatable bonds is 11. The van der Waals surface area contributed by atoms with Gasteiger partial charge in [-0.25, -0.2) is 4.79 Å². The molecule has 1 N–H and O–H groups in total. The molecule has 0 bridgehead atoms. The van der Waals surface area contributed by atoms with Gasteiger partial charge in [-0.05, 0) is 13.8 Å². The van der Waals surface area contributed by atoms with Gasteiger partial charge in [0.25, 0.3) is 0 Å². The van der Waals surface area contributed by atoms with Crippen LogP contribution in [0.15, 0.2) is 0 Å². The number of hydrogen-bond donors (Lipinski definition) is 1. The van der Waals surface area contributed by atoms with Crippen molar-refractivity contribution in [2.45, 2.75) is 13.8 Å². The van der Waals surface area contributed by atoms with E-state index in [1.165, 1.54) is 4.90 Å². The third-order valence-corrected chi connectivity index (χ3v) is 2.57. The van der Waals surface area contributed by atoms with Crippen molar-refractivity contribution < 1.29 is 24.2 Å². The highest BCUT2D eigenvalue weighted by atomic mass is 16.5. The first kappa shape index (κ1) is 19.2. The standard InChI is InChI=1S/C14H24N2O5/c1-4-7-16(12-13(17)18)14(19)15(8-10-20-5-2)9-11-21-6-3/h1H,5-12H2,2-3H3,(H,17,18). The highest BCUT2D eigenvalue weighted by Gasteiger charge is 2.22. The zero-order valence-electron chi connectivity index (χ0n) is 12.7. The Morgan fingerprint density at radius 2 is 1.62 bits per heavy atom. The Hall–Kier alpha value is -1.78. The molecule has 0 aromatic heterocycles. The SMILES string of the molecule is C#CCN(CC(=O)O)C(=O)N(CCOCC)CCOCC. The molecule has 21 heavy (non-hydrogen) atoms. The second kappa shape index (κ2) is 12.0. The third kappa shape index (κ3) is 8.89. The minimum atomic E-state index is -1.10. The van der Waals surface area contributed by atoms with E-state index in [9.17, 15) is 9.59 Å². The highest BCUT2D eigenvalue weighted by molar-refractivity contribution is 5.80. The first-order chi connectivity index (χ1) is 10.1. The molecular formula is C14H24N2O5. The Labute approximate surface area is 125 Å². The summed E-state index contributed by atoms with van der Waals surface area (Å²) in [5.74, 6) is 1.19. The Morgan fingerprint density at radius 1 is 1.10 bits per heavy atom. The molecule has 7 nitrogen and oxygen atoms in total. The summed E-state index contributed by atoms with van der Waals surface area (Å²) >= 11 is 0. The minimum absolute atomic E-state index is 0.0507. The van der Waals surface area contributed by atoms with Crippen LogP contribution in [-0.2, 0) is 14.3 Å². The predicted octanol–water partition coefficient (Wildman–Crippen LogP) is 0.501. The summed E-state index contributed by atoms with van der Waals surface area (Å²) in [5.41, 5.74) is 0. The number of carboxylic acids is 1. The van der Waals surface area contributed by atoms with Gasteiger partial charge in [-0.2, -0.15) is 0 Å². The Balaban J connectivity index is 4.68. The predicted molar refractivity (Wildman–Crippen MR) is 78.0 cm³/mol. The molecule has 0 saturated carbocycles. The van der Waals surface area contributed by atoms with Crippen molar-refractivity contribution in [3.63, 3.8) is 0 Å². The van der Waals surface area contributed by atoms with Gasteiger partial charge in [0, 0.05) is 26.3 Å². The molecule has 0 unspecified atom stereocenters. The van der Waals surface area contributed by atoms with Gasteiger partial charge in [0.1, 0.15) is 6.54 Å². The van der Waals surface area contributed by atoms with E-state index in [0.29, 0.717) is 39.5 Å². The lowest BCUT2D eigenvalue weighted by Crippen LogP contribution is -2.47. The molecule has 0 aromatic rings. The van der Waals surface area contributed by atoms with E-state index >= 15 is 0 Å². The number of terminal acetylenes is 1. The van der Waals surface area contributed by atoms with Gasteiger partial charge in [-0.15, -0.1) is 6.42 Å². The van der Waals surface area contributed by atoms with Gasteiger partial charge in [0.15, 0.2) is 0 Å². The highest BCUT2D eigenvalue weighted by Crippen LogP contribution is 2.00. The Morgan fingerprint density at radius 3 is 2.00 bits per heavy atom. The molecule has 0 radical (unpaired) electrons. The first-order valence-electron chi connectivity index (χ1n) is 6.91. The largest absolute Gasteiger partial charge is 0.480 e. The molecule has 120 valence electrons. The summed E-state index contributed by atoms with van der Waals surface area (Å²) in [6, 6.07) is -0.422. The summed E-state index contributed by atoms with van der Waals surface area (Å²) in [5, 5.41) is 8.84. The second-order valence-corrected chi connectivity index (χ2v) is 4.12. The zero-order valence-corrected chi connectivity index (χ0v) is 12.7. The van der Waals surface area contributed by atoms with Crippen LogP contribution in [-0.4, -0.2) is 79.5 Å². The molecule has 2 amide bonds. The number of carboxylic acid groups (broad SMARTS) is 1. The molecule has 0 atom stereocenters. The lowest BCUT2D eigenvalue weighted by molar-refractivity contribution is -0.137. The number of carbonyl (C=O) groups excluding carboxylic acids is 1. The van der Waals surface area contributed by atoms with Crippen LogP contribution in [0.1, 0.15) is 13.8 Å². The summed E-state index contributed by atoms with van der Waals surface area (Å²) in [6.45, 7) is 5.83. The van der Waals surface area contributed by atoms with Crippen LogP contribution in [0, 0.1) is 12.3 Å². The molecule has 7 heteroatoms. The van der Waals surface area contributed by atoms with Gasteiger partial charge < -0.3 is 24.4 Å². The molecular weight excluding hydrogens is 276 g/mol. The summed E-state index contributed by atoms with van der Waals surface area (Å²) in [4.78, 5) is 25.7. The monoisotopic (exact) mass is 300 g/mol. The molecule has 0 spiro atoms. The van der Waals surface area contributed by atoms with E-state index < -0.39 is 18.5 Å². The van der Waals surface area contributed by atoms with Gasteiger partial charge in [-0.3, -0.25) is 4.79 Å². The number of nitrogens with zero attached hydrogens (tertiary/aromatic N) is 2. The van der Waals surface area contributed by atoms with E-state index in [2.05, 4.69) is 5.92 Å². The number of carbonyl (C=O) groups is 2. The maximum atomic E-state index is 12.3. The van der Waals surface area contributed by atoms with Crippen LogP contribution in [0.4, 0.5) is 4.79 Å². The van der Waals surface area contributed by atoms with Crippen LogP contribution in [0.5, 0.6) is 0 Å². The van der Waals surface area contributed by atoms with Crippen LogP contribution < -0.4 is 0 Å². The quantitative estimate of drug-likeness (QED) is 0.444. The van der Waals surface area contributed by atoms with Crippen molar-refractivity contribution in [2.75, 3.05) is 52.6 Å². The molecule has 0 aliphatic heterocycles. The molecule has 0 rings (SSSR count). The van der Waals surface area contributed by atoms with Crippen LogP contribution >= 0.6 is 0 Å². The van der Waals surface area contributed by atoms with Gasteiger partial charge in [0.2, 0.25) is 0 Å². The third-order valence-electron chi connectivity index (χ3n) is 2.57. The van der Waals surface area contributed by atoms with E-state index in [0.717, 1.165) is 4.90 Å². The van der Waals surface area contributed by atoms with Crippen LogP contribution in [0.3, 0.4) is 0 Å². The van der Waals surface area contributed by atoms with Crippen molar-refractivity contribution in [1.29, 1.82) is 0 Å². The molecule has 0 fully saturated rings. The van der Waals surface area contributed by atoms with E-state index in [1.807, 2.05) is 13.8 Å². The van der Waals surface area contributed by atoms with Gasteiger partial charge >= 0.3 is 12.0 Å². The molecule has 0 aliphatic carbocycles. The summed E-state index contributed by atoms with van der Waals surface area (Å²) < 4.78 is 10.5. The molecule has 0 aliphatic rings. The maximum absolute atomic E-state index is 12.3. The average molecular weight is 300 g/mol. The lowest BCUT2D eigenvalue weighted by Gasteiger charge is -2.28. The number of aliphatic carboxylic acids is 1. The fourth-order valence-corrected chi connectivity index (χ4v) is 1.61. The number of ether oxygens (including phenoxy) is 2. The fourth-order valence-electron chi connectivity index (χ4n) is 1.61. The second-order valence-electron chi connectivity index (χ2n) is 4.12. The molecule has 0 saturated heterocycles. The van der Waals surface area contributed by atoms with Crippen LogP contribution in [0.25, 0.3) is 0 Å². The summed E-state index contributed by atoms with van der Waals surface area (Å²) in [7, 11) is 0. The van der Waals surface area contributed by atoms with Crippen LogP contribution in [0.2, 0.25) is 0 Å². The Bertz CT molecular complexity index is 344. The smallest absolute Gasteiger partial charge is 0.323 e.